The molecule has 0 amide bonds. The van der Waals surface area contributed by atoms with E-state index in [4.69, 9.17) is 0 Å². The van der Waals surface area contributed by atoms with Gasteiger partial charge in [0.05, 0.1) is 18.2 Å². The SMILES string of the molecule is CCC(CC)n1ccc(CC(=O)C(F)(F)F)n1. The van der Waals surface area contributed by atoms with Crippen molar-refractivity contribution in [2.45, 2.75) is 45.3 Å². The molecule has 1 rings (SSSR count). The van der Waals surface area contributed by atoms with E-state index in [1.54, 1.807) is 10.9 Å². The number of hydrogen-bond acceptors (Lipinski definition) is 2. The van der Waals surface area contributed by atoms with Crippen molar-refractivity contribution in [3.63, 3.8) is 0 Å². The van der Waals surface area contributed by atoms with Crippen LogP contribution in [0.4, 0.5) is 13.2 Å². The molecule has 17 heavy (non-hydrogen) atoms. The Morgan fingerprint density at radius 3 is 2.47 bits per heavy atom. The standard InChI is InChI=1S/C11H15F3N2O/c1-3-9(4-2)16-6-5-8(15-16)7-10(17)11(12,13)14/h5-6,9H,3-4,7H2,1-2H3. The van der Waals surface area contributed by atoms with E-state index in [2.05, 4.69) is 5.10 Å². The van der Waals surface area contributed by atoms with Gasteiger partial charge < -0.3 is 0 Å². The normalized spacial score (nSPS) is 12.1. The molecule has 6 heteroatoms. The summed E-state index contributed by atoms with van der Waals surface area (Å²) < 4.78 is 37.8. The van der Waals surface area contributed by atoms with Gasteiger partial charge in [-0.3, -0.25) is 9.48 Å². The van der Waals surface area contributed by atoms with Crippen molar-refractivity contribution in [2.24, 2.45) is 0 Å². The zero-order valence-corrected chi connectivity index (χ0v) is 9.79. The van der Waals surface area contributed by atoms with E-state index in [1.165, 1.54) is 6.07 Å². The Kier molecular flexibility index (Phi) is 4.31. The predicted octanol–water partition coefficient (Wildman–Crippen LogP) is 2.92. The Hall–Kier alpha value is -1.33. The fourth-order valence-corrected chi connectivity index (χ4v) is 1.60. The van der Waals surface area contributed by atoms with Gasteiger partial charge in [0.1, 0.15) is 0 Å². The third-order valence-corrected chi connectivity index (χ3v) is 2.64. The molecule has 0 unspecified atom stereocenters. The van der Waals surface area contributed by atoms with Gasteiger partial charge in [0.15, 0.2) is 0 Å². The van der Waals surface area contributed by atoms with Gasteiger partial charge in [-0.2, -0.15) is 18.3 Å². The third-order valence-electron chi connectivity index (χ3n) is 2.64. The van der Waals surface area contributed by atoms with Crippen LogP contribution in [0.3, 0.4) is 0 Å². The van der Waals surface area contributed by atoms with Crippen molar-refractivity contribution in [1.29, 1.82) is 0 Å². The fraction of sp³-hybridized carbons (Fsp3) is 0.636. The number of nitrogens with zero attached hydrogens (tertiary/aromatic N) is 2. The summed E-state index contributed by atoms with van der Waals surface area (Å²) in [6.45, 7) is 3.97. The van der Waals surface area contributed by atoms with Crippen LogP contribution in [0.5, 0.6) is 0 Å². The maximum atomic E-state index is 12.0. The molecule has 0 bridgehead atoms. The molecule has 1 aromatic heterocycles. The molecule has 0 aliphatic heterocycles. The average Bonchev–Trinajstić information content (AvgIpc) is 2.67. The van der Waals surface area contributed by atoms with Gasteiger partial charge in [-0.25, -0.2) is 0 Å². The van der Waals surface area contributed by atoms with Crippen LogP contribution in [0.1, 0.15) is 38.4 Å². The second kappa shape index (κ2) is 5.33. The minimum absolute atomic E-state index is 0.166. The van der Waals surface area contributed by atoms with Crippen LogP contribution < -0.4 is 0 Å². The first-order chi connectivity index (χ1) is 7.88. The van der Waals surface area contributed by atoms with Gasteiger partial charge in [-0.1, -0.05) is 13.8 Å². The fourth-order valence-electron chi connectivity index (χ4n) is 1.60. The molecule has 0 aliphatic carbocycles. The molecule has 96 valence electrons. The smallest absolute Gasteiger partial charge is 0.289 e. The molecule has 0 saturated heterocycles. The van der Waals surface area contributed by atoms with E-state index >= 15 is 0 Å². The van der Waals surface area contributed by atoms with Crippen LogP contribution in [-0.2, 0) is 11.2 Å². The summed E-state index contributed by atoms with van der Waals surface area (Å²) in [6.07, 6.45) is -2.14. The van der Waals surface area contributed by atoms with Crippen LogP contribution in [0, 0.1) is 0 Å². The van der Waals surface area contributed by atoms with Crippen LogP contribution in [0.25, 0.3) is 0 Å². The highest BCUT2D eigenvalue weighted by Gasteiger charge is 2.38. The molecular weight excluding hydrogens is 233 g/mol. The lowest BCUT2D eigenvalue weighted by Gasteiger charge is -2.12. The number of Topliss-reactive ketones (excluding diaryl/α,β-unsaturated/α-hetero) is 1. The molecular formula is C11H15F3N2O. The van der Waals surface area contributed by atoms with Crippen molar-refractivity contribution in [1.82, 2.24) is 9.78 Å². The predicted molar refractivity (Wildman–Crippen MR) is 56.6 cm³/mol. The lowest BCUT2D eigenvalue weighted by atomic mass is 10.2. The number of alkyl halides is 3. The largest absolute Gasteiger partial charge is 0.450 e. The summed E-state index contributed by atoms with van der Waals surface area (Å²) >= 11 is 0. The number of aromatic nitrogens is 2. The van der Waals surface area contributed by atoms with Crippen LogP contribution >= 0.6 is 0 Å². The van der Waals surface area contributed by atoms with Crippen LogP contribution in [0.2, 0.25) is 0 Å². The van der Waals surface area contributed by atoms with Gasteiger partial charge in [-0.15, -0.1) is 0 Å². The van der Waals surface area contributed by atoms with E-state index in [1.807, 2.05) is 13.8 Å². The van der Waals surface area contributed by atoms with E-state index in [0.717, 1.165) is 12.8 Å². The minimum atomic E-state index is -4.78. The number of carbonyl (C=O) groups is 1. The Balaban J connectivity index is 2.72. The molecule has 0 atom stereocenters. The second-order valence-corrected chi connectivity index (χ2v) is 3.86. The van der Waals surface area contributed by atoms with Crippen molar-refractivity contribution >= 4 is 5.78 Å². The summed E-state index contributed by atoms with van der Waals surface area (Å²) in [5.41, 5.74) is 0.166. The summed E-state index contributed by atoms with van der Waals surface area (Å²) in [6, 6.07) is 1.63. The lowest BCUT2D eigenvalue weighted by molar-refractivity contribution is -0.170. The topological polar surface area (TPSA) is 34.9 Å². The van der Waals surface area contributed by atoms with Gasteiger partial charge in [-0.05, 0) is 18.9 Å². The van der Waals surface area contributed by atoms with E-state index in [9.17, 15) is 18.0 Å². The van der Waals surface area contributed by atoms with Gasteiger partial charge >= 0.3 is 6.18 Å². The minimum Gasteiger partial charge on any atom is -0.289 e. The molecule has 1 aromatic rings. The maximum absolute atomic E-state index is 12.0. The first kappa shape index (κ1) is 13.7. The van der Waals surface area contributed by atoms with Gasteiger partial charge in [0.25, 0.3) is 0 Å². The Bertz CT molecular complexity index is 380. The molecule has 1 heterocycles. The van der Waals surface area contributed by atoms with Crippen LogP contribution in [0.15, 0.2) is 12.3 Å². The molecule has 3 nitrogen and oxygen atoms in total. The van der Waals surface area contributed by atoms with Crippen LogP contribution in [-0.4, -0.2) is 21.7 Å². The Morgan fingerprint density at radius 2 is 2.00 bits per heavy atom. The molecule has 0 aromatic carbocycles. The Labute approximate surface area is 97.6 Å². The zero-order chi connectivity index (χ0) is 13.1. The molecule has 0 spiro atoms. The van der Waals surface area contributed by atoms with Gasteiger partial charge in [0, 0.05) is 6.20 Å². The molecule has 0 N–H and O–H groups in total. The number of rotatable bonds is 5. The highest BCUT2D eigenvalue weighted by atomic mass is 19.4. The number of carbonyl (C=O) groups excluding carboxylic acids is 1. The monoisotopic (exact) mass is 248 g/mol. The summed E-state index contributed by atoms with van der Waals surface area (Å²) in [7, 11) is 0. The lowest BCUT2D eigenvalue weighted by Crippen LogP contribution is -2.24. The maximum Gasteiger partial charge on any atom is 0.450 e. The number of halogens is 3. The average molecular weight is 248 g/mol. The van der Waals surface area contributed by atoms with Crippen molar-refractivity contribution < 1.29 is 18.0 Å². The van der Waals surface area contributed by atoms with Crippen molar-refractivity contribution in [3.05, 3.63) is 18.0 Å². The van der Waals surface area contributed by atoms with E-state index in [0.29, 0.717) is 0 Å². The first-order valence-corrected chi connectivity index (χ1v) is 5.52. The number of hydrogen-bond donors (Lipinski definition) is 0. The quantitative estimate of drug-likeness (QED) is 0.803. The second-order valence-electron chi connectivity index (χ2n) is 3.86. The number of ketones is 1. The van der Waals surface area contributed by atoms with E-state index < -0.39 is 18.4 Å². The summed E-state index contributed by atoms with van der Waals surface area (Å²) in [5, 5.41) is 4.00. The summed E-state index contributed by atoms with van der Waals surface area (Å²) in [4.78, 5) is 10.8. The molecule has 0 saturated carbocycles. The highest BCUT2D eigenvalue weighted by molar-refractivity contribution is 5.85. The van der Waals surface area contributed by atoms with Gasteiger partial charge in [0.2, 0.25) is 5.78 Å². The first-order valence-electron chi connectivity index (χ1n) is 5.52. The third kappa shape index (κ3) is 3.57. The summed E-state index contributed by atoms with van der Waals surface area (Å²) in [5.74, 6) is -1.76. The van der Waals surface area contributed by atoms with Crippen molar-refractivity contribution in [3.8, 4) is 0 Å². The molecule has 0 aliphatic rings. The van der Waals surface area contributed by atoms with Crippen molar-refractivity contribution in [2.75, 3.05) is 0 Å². The van der Waals surface area contributed by atoms with E-state index in [-0.39, 0.29) is 11.7 Å². The highest BCUT2D eigenvalue weighted by Crippen LogP contribution is 2.19. The Morgan fingerprint density at radius 1 is 1.41 bits per heavy atom. The zero-order valence-electron chi connectivity index (χ0n) is 9.79. The molecule has 0 fully saturated rings. The molecule has 0 radical (unpaired) electrons.